The smallest absolute Gasteiger partial charge is 0.337 e. The number of nitrogens with zero attached hydrogens (tertiary/aromatic N) is 1. The Balaban J connectivity index is 1.95. The van der Waals surface area contributed by atoms with E-state index in [-0.39, 0.29) is 23.0 Å². The van der Waals surface area contributed by atoms with E-state index < -0.39 is 16.0 Å². The largest absolute Gasteiger partial charge is 0.497 e. The van der Waals surface area contributed by atoms with Crippen molar-refractivity contribution in [2.75, 3.05) is 14.2 Å². The number of carbonyl (C=O) groups is 1. The van der Waals surface area contributed by atoms with E-state index in [9.17, 15) is 13.2 Å². The van der Waals surface area contributed by atoms with Crippen molar-refractivity contribution in [1.29, 1.82) is 0 Å². The minimum atomic E-state index is -3.79. The Morgan fingerprint density at radius 1 is 1.14 bits per heavy atom. The molecule has 0 spiro atoms. The van der Waals surface area contributed by atoms with Gasteiger partial charge in [-0.3, -0.25) is 0 Å². The molecule has 7 heteroatoms. The van der Waals surface area contributed by atoms with Gasteiger partial charge in [0.25, 0.3) is 0 Å². The summed E-state index contributed by atoms with van der Waals surface area (Å²) in [6.45, 7) is 2.20. The van der Waals surface area contributed by atoms with Gasteiger partial charge in [0.2, 0.25) is 10.0 Å². The third kappa shape index (κ3) is 4.36. The second-order valence-electron chi connectivity index (χ2n) is 7.00. The number of methoxy groups -OCH3 is 2. The zero-order valence-electron chi connectivity index (χ0n) is 16.3. The average Bonchev–Trinajstić information content (AvgIpc) is 3.56. The number of rotatable bonds is 8. The van der Waals surface area contributed by atoms with Gasteiger partial charge in [0.1, 0.15) is 5.75 Å². The third-order valence-electron chi connectivity index (χ3n) is 5.12. The van der Waals surface area contributed by atoms with E-state index in [1.54, 1.807) is 19.2 Å². The lowest BCUT2D eigenvalue weighted by Crippen LogP contribution is -2.39. The standard InChI is InChI=1S/C21H25NO5S/c1-15(17-9-10-17)22(14-16-7-11-19(26-2)12-8-16)28(24,25)20-6-4-5-18(13-20)21(23)27-3/h4-8,11-13,15,17H,9-10,14H2,1-3H3. The fourth-order valence-electron chi connectivity index (χ4n) is 3.21. The highest BCUT2D eigenvalue weighted by atomic mass is 32.2. The van der Waals surface area contributed by atoms with Crippen LogP contribution in [0.1, 0.15) is 35.7 Å². The summed E-state index contributed by atoms with van der Waals surface area (Å²) < 4.78 is 38.3. The van der Waals surface area contributed by atoms with Crippen LogP contribution in [-0.4, -0.2) is 39.0 Å². The van der Waals surface area contributed by atoms with Crippen LogP contribution >= 0.6 is 0 Å². The number of carbonyl (C=O) groups excluding carboxylic acids is 1. The van der Waals surface area contributed by atoms with Crippen LogP contribution in [0, 0.1) is 5.92 Å². The topological polar surface area (TPSA) is 72.9 Å². The fraction of sp³-hybridized carbons (Fsp3) is 0.381. The predicted octanol–water partition coefficient (Wildman–Crippen LogP) is 3.47. The zero-order valence-corrected chi connectivity index (χ0v) is 17.1. The summed E-state index contributed by atoms with van der Waals surface area (Å²) in [5.41, 5.74) is 1.09. The van der Waals surface area contributed by atoms with E-state index in [0.717, 1.165) is 24.2 Å². The molecule has 0 bridgehead atoms. The molecule has 1 unspecified atom stereocenters. The SMILES string of the molecule is COC(=O)c1cccc(S(=O)(=O)N(Cc2ccc(OC)cc2)C(C)C2CC2)c1. The molecule has 0 heterocycles. The van der Waals surface area contributed by atoms with Crippen LogP contribution in [0.4, 0.5) is 0 Å². The first-order valence-corrected chi connectivity index (χ1v) is 10.6. The summed E-state index contributed by atoms with van der Waals surface area (Å²) in [5, 5.41) is 0. The van der Waals surface area contributed by atoms with Gasteiger partial charge < -0.3 is 9.47 Å². The third-order valence-corrected chi connectivity index (χ3v) is 7.05. The molecule has 0 N–H and O–H groups in total. The molecule has 1 aliphatic carbocycles. The van der Waals surface area contributed by atoms with Gasteiger partial charge in [0, 0.05) is 12.6 Å². The normalized spacial score (nSPS) is 15.3. The Kier molecular flexibility index (Phi) is 6.05. The van der Waals surface area contributed by atoms with Crippen molar-refractivity contribution in [1.82, 2.24) is 4.31 Å². The fourth-order valence-corrected chi connectivity index (χ4v) is 4.94. The van der Waals surface area contributed by atoms with Crippen LogP contribution in [0.5, 0.6) is 5.75 Å². The molecule has 6 nitrogen and oxygen atoms in total. The first-order chi connectivity index (χ1) is 13.4. The molecule has 2 aromatic carbocycles. The van der Waals surface area contributed by atoms with Gasteiger partial charge in [-0.1, -0.05) is 18.2 Å². The molecule has 0 radical (unpaired) electrons. The van der Waals surface area contributed by atoms with E-state index in [2.05, 4.69) is 0 Å². The summed E-state index contributed by atoms with van der Waals surface area (Å²) in [6, 6.07) is 13.2. The van der Waals surface area contributed by atoms with Crippen molar-refractivity contribution in [3.05, 3.63) is 59.7 Å². The monoisotopic (exact) mass is 403 g/mol. The van der Waals surface area contributed by atoms with Crippen LogP contribution < -0.4 is 4.74 Å². The Labute approximate surface area is 166 Å². The van der Waals surface area contributed by atoms with Crippen molar-refractivity contribution in [3.63, 3.8) is 0 Å². The number of hydrogen-bond acceptors (Lipinski definition) is 5. The van der Waals surface area contributed by atoms with E-state index >= 15 is 0 Å². The number of esters is 1. The van der Waals surface area contributed by atoms with E-state index in [1.807, 2.05) is 31.2 Å². The minimum absolute atomic E-state index is 0.0939. The quantitative estimate of drug-likeness (QED) is 0.631. The lowest BCUT2D eigenvalue weighted by molar-refractivity contribution is 0.0600. The van der Waals surface area contributed by atoms with Crippen LogP contribution in [0.15, 0.2) is 53.4 Å². The molecular formula is C21H25NO5S. The summed E-state index contributed by atoms with van der Waals surface area (Å²) in [5.74, 6) is 0.519. The van der Waals surface area contributed by atoms with Gasteiger partial charge >= 0.3 is 5.97 Å². The maximum atomic E-state index is 13.4. The second kappa shape index (κ2) is 8.32. The molecule has 1 atom stereocenters. The van der Waals surface area contributed by atoms with Crippen LogP contribution in [0.2, 0.25) is 0 Å². The lowest BCUT2D eigenvalue weighted by atomic mass is 10.1. The molecule has 0 aliphatic heterocycles. The minimum Gasteiger partial charge on any atom is -0.497 e. The highest BCUT2D eigenvalue weighted by molar-refractivity contribution is 7.89. The zero-order chi connectivity index (χ0) is 20.3. The van der Waals surface area contributed by atoms with Gasteiger partial charge in [0.15, 0.2) is 0 Å². The van der Waals surface area contributed by atoms with Crippen LogP contribution in [0.25, 0.3) is 0 Å². The van der Waals surface area contributed by atoms with Crippen molar-refractivity contribution >= 4 is 16.0 Å². The van der Waals surface area contributed by atoms with Crippen molar-refractivity contribution in [2.45, 2.75) is 37.2 Å². The first-order valence-electron chi connectivity index (χ1n) is 9.20. The molecule has 150 valence electrons. The molecule has 0 aromatic heterocycles. The molecule has 0 amide bonds. The number of sulfonamides is 1. The van der Waals surface area contributed by atoms with E-state index in [0.29, 0.717) is 5.92 Å². The maximum Gasteiger partial charge on any atom is 0.337 e. The van der Waals surface area contributed by atoms with E-state index in [4.69, 9.17) is 9.47 Å². The predicted molar refractivity (Wildman–Crippen MR) is 106 cm³/mol. The molecular weight excluding hydrogens is 378 g/mol. The number of ether oxygens (including phenoxy) is 2. The molecule has 1 saturated carbocycles. The molecule has 1 aliphatic rings. The molecule has 1 fully saturated rings. The molecule has 0 saturated heterocycles. The number of hydrogen-bond donors (Lipinski definition) is 0. The van der Waals surface area contributed by atoms with E-state index in [1.165, 1.54) is 23.5 Å². The van der Waals surface area contributed by atoms with Gasteiger partial charge in [0.05, 0.1) is 24.7 Å². The second-order valence-corrected chi connectivity index (χ2v) is 8.89. The van der Waals surface area contributed by atoms with Crippen molar-refractivity contribution in [2.24, 2.45) is 5.92 Å². The Morgan fingerprint density at radius 2 is 1.82 bits per heavy atom. The molecule has 2 aromatic rings. The van der Waals surface area contributed by atoms with Crippen molar-refractivity contribution in [3.8, 4) is 5.75 Å². The summed E-state index contributed by atoms with van der Waals surface area (Å²) in [4.78, 5) is 11.9. The van der Waals surface area contributed by atoms with Gasteiger partial charge in [-0.05, 0) is 61.6 Å². The van der Waals surface area contributed by atoms with Gasteiger partial charge in [-0.2, -0.15) is 4.31 Å². The highest BCUT2D eigenvalue weighted by Gasteiger charge is 2.38. The summed E-state index contributed by atoms with van der Waals surface area (Å²) in [7, 11) is -0.924. The lowest BCUT2D eigenvalue weighted by Gasteiger charge is -2.29. The van der Waals surface area contributed by atoms with Gasteiger partial charge in [-0.15, -0.1) is 0 Å². The first kappa shape index (κ1) is 20.4. The summed E-state index contributed by atoms with van der Waals surface area (Å²) >= 11 is 0. The molecule has 28 heavy (non-hydrogen) atoms. The highest BCUT2D eigenvalue weighted by Crippen LogP contribution is 2.38. The summed E-state index contributed by atoms with van der Waals surface area (Å²) in [6.07, 6.45) is 2.05. The molecule has 3 rings (SSSR count). The Bertz CT molecular complexity index is 936. The van der Waals surface area contributed by atoms with Crippen LogP contribution in [0.3, 0.4) is 0 Å². The number of benzene rings is 2. The Morgan fingerprint density at radius 3 is 2.39 bits per heavy atom. The average molecular weight is 404 g/mol. The van der Waals surface area contributed by atoms with Gasteiger partial charge in [-0.25, -0.2) is 13.2 Å². The van der Waals surface area contributed by atoms with Crippen molar-refractivity contribution < 1.29 is 22.7 Å². The van der Waals surface area contributed by atoms with Crippen LogP contribution in [-0.2, 0) is 21.3 Å². The Hall–Kier alpha value is -2.38. The maximum absolute atomic E-state index is 13.4.